The fourth-order valence-electron chi connectivity index (χ4n) is 1.03. The van der Waals surface area contributed by atoms with Crippen LogP contribution < -0.4 is 5.32 Å². The molecule has 0 amide bonds. The molecule has 1 unspecified atom stereocenters. The minimum Gasteiger partial charge on any atom is -0.393 e. The smallest absolute Gasteiger partial charge is 0.140 e. The molecule has 3 N–H and O–H groups in total. The lowest BCUT2D eigenvalue weighted by Gasteiger charge is -2.13. The van der Waals surface area contributed by atoms with Gasteiger partial charge in [0.2, 0.25) is 0 Å². The molecule has 14 heavy (non-hydrogen) atoms. The summed E-state index contributed by atoms with van der Waals surface area (Å²) < 4.78 is 0. The van der Waals surface area contributed by atoms with Crippen LogP contribution in [0.2, 0.25) is 6.32 Å². The van der Waals surface area contributed by atoms with Crippen molar-refractivity contribution in [1.82, 2.24) is 5.32 Å². The SMILES string of the molecule is [B]C[C@@H](O)CNC(O)c1ccc(C)s1. The van der Waals surface area contributed by atoms with Crippen LogP contribution in [0.15, 0.2) is 12.1 Å². The average Bonchev–Trinajstić information content (AvgIpc) is 2.60. The van der Waals surface area contributed by atoms with Gasteiger partial charge >= 0.3 is 0 Å². The van der Waals surface area contributed by atoms with Crippen molar-refractivity contribution in [1.29, 1.82) is 0 Å². The molecule has 1 aromatic heterocycles. The van der Waals surface area contributed by atoms with Gasteiger partial charge in [-0.25, -0.2) is 0 Å². The van der Waals surface area contributed by atoms with Crippen molar-refractivity contribution in [3.05, 3.63) is 21.9 Å². The van der Waals surface area contributed by atoms with Gasteiger partial charge in [0.1, 0.15) is 6.23 Å². The monoisotopic (exact) mass is 211 g/mol. The number of hydrogen-bond acceptors (Lipinski definition) is 4. The number of rotatable bonds is 5. The van der Waals surface area contributed by atoms with Crippen LogP contribution in [-0.4, -0.2) is 30.7 Å². The molecule has 2 atom stereocenters. The lowest BCUT2D eigenvalue weighted by molar-refractivity contribution is 0.111. The lowest BCUT2D eigenvalue weighted by atomic mass is 10.00. The number of nitrogens with one attached hydrogen (secondary N) is 1. The second-order valence-electron chi connectivity index (χ2n) is 3.15. The molecule has 0 spiro atoms. The van der Waals surface area contributed by atoms with Crippen LogP contribution in [0.5, 0.6) is 0 Å². The molecule has 3 nitrogen and oxygen atoms in total. The van der Waals surface area contributed by atoms with Crippen molar-refractivity contribution in [3.63, 3.8) is 0 Å². The zero-order valence-corrected chi connectivity index (χ0v) is 8.92. The third-order valence-corrected chi connectivity index (χ3v) is 2.90. The van der Waals surface area contributed by atoms with Gasteiger partial charge in [-0.3, -0.25) is 5.32 Å². The van der Waals surface area contributed by atoms with Gasteiger partial charge in [0.25, 0.3) is 0 Å². The summed E-state index contributed by atoms with van der Waals surface area (Å²) in [7, 11) is 5.23. The topological polar surface area (TPSA) is 52.5 Å². The van der Waals surface area contributed by atoms with E-state index >= 15 is 0 Å². The van der Waals surface area contributed by atoms with E-state index in [0.29, 0.717) is 6.54 Å². The number of aliphatic hydroxyl groups is 2. The van der Waals surface area contributed by atoms with Crippen LogP contribution in [0.3, 0.4) is 0 Å². The summed E-state index contributed by atoms with van der Waals surface area (Å²) in [5.74, 6) is 0. The van der Waals surface area contributed by atoms with Crippen LogP contribution in [0, 0.1) is 6.92 Å². The van der Waals surface area contributed by atoms with E-state index in [2.05, 4.69) is 5.32 Å². The Morgan fingerprint density at radius 1 is 1.50 bits per heavy atom. The van der Waals surface area contributed by atoms with E-state index in [4.69, 9.17) is 13.0 Å². The third-order valence-electron chi connectivity index (χ3n) is 1.85. The number of thiophene rings is 1. The largest absolute Gasteiger partial charge is 0.393 e. The maximum atomic E-state index is 9.63. The first kappa shape index (κ1) is 11.7. The molecule has 0 aliphatic carbocycles. The van der Waals surface area contributed by atoms with Crippen molar-refractivity contribution in [2.45, 2.75) is 25.6 Å². The Bertz CT molecular complexity index is 280. The molecule has 0 saturated carbocycles. The van der Waals surface area contributed by atoms with Gasteiger partial charge in [-0.2, -0.15) is 0 Å². The molecular weight excluding hydrogens is 197 g/mol. The van der Waals surface area contributed by atoms with Crippen molar-refractivity contribution < 1.29 is 10.2 Å². The van der Waals surface area contributed by atoms with Gasteiger partial charge in [0.15, 0.2) is 0 Å². The molecule has 0 aromatic carbocycles. The first-order valence-electron chi connectivity index (χ1n) is 4.49. The van der Waals surface area contributed by atoms with Crippen LogP contribution >= 0.6 is 11.3 Å². The minimum absolute atomic E-state index is 0.198. The highest BCUT2D eigenvalue weighted by molar-refractivity contribution is 7.11. The van der Waals surface area contributed by atoms with E-state index < -0.39 is 12.3 Å². The summed E-state index contributed by atoms with van der Waals surface area (Å²) in [6.07, 6.45) is -1.12. The standard InChI is InChI=1S/C9H14BNO2S/c1-6-2-3-8(14-6)9(13)11-5-7(12)4-10/h2-3,7,9,11-13H,4-5H2,1H3/t7-,9?/m1/s1. The van der Waals surface area contributed by atoms with Crippen molar-refractivity contribution in [2.75, 3.05) is 6.54 Å². The van der Waals surface area contributed by atoms with E-state index in [1.807, 2.05) is 19.1 Å². The molecule has 76 valence electrons. The van der Waals surface area contributed by atoms with Crippen LogP contribution in [0.25, 0.3) is 0 Å². The zero-order valence-electron chi connectivity index (χ0n) is 8.10. The highest BCUT2D eigenvalue weighted by atomic mass is 32.1. The number of hydrogen-bond donors (Lipinski definition) is 3. The Labute approximate surface area is 89.2 Å². The normalized spacial score (nSPS) is 15.4. The predicted molar refractivity (Wildman–Crippen MR) is 58.6 cm³/mol. The summed E-state index contributed by atoms with van der Waals surface area (Å²) >= 11 is 1.53. The van der Waals surface area contributed by atoms with Crippen molar-refractivity contribution >= 4 is 19.2 Å². The Hall–Kier alpha value is -0.355. The summed E-state index contributed by atoms with van der Waals surface area (Å²) in [4.78, 5) is 2.01. The zero-order chi connectivity index (χ0) is 10.6. The molecule has 5 heteroatoms. The molecule has 0 aliphatic heterocycles. The van der Waals surface area contributed by atoms with Crippen LogP contribution in [-0.2, 0) is 0 Å². The summed E-state index contributed by atoms with van der Waals surface area (Å²) in [6, 6.07) is 3.82. The fraction of sp³-hybridized carbons (Fsp3) is 0.556. The highest BCUT2D eigenvalue weighted by Crippen LogP contribution is 2.20. The van der Waals surface area contributed by atoms with Gasteiger partial charge in [0, 0.05) is 16.3 Å². The third kappa shape index (κ3) is 3.42. The van der Waals surface area contributed by atoms with Crippen molar-refractivity contribution in [3.8, 4) is 0 Å². The van der Waals surface area contributed by atoms with Crippen molar-refractivity contribution in [2.24, 2.45) is 0 Å². The number of aliphatic hydroxyl groups excluding tert-OH is 2. The fourth-order valence-corrected chi connectivity index (χ4v) is 1.87. The second-order valence-corrected chi connectivity index (χ2v) is 4.47. The van der Waals surface area contributed by atoms with E-state index in [0.717, 1.165) is 9.75 Å². The highest BCUT2D eigenvalue weighted by Gasteiger charge is 2.10. The Morgan fingerprint density at radius 2 is 2.21 bits per heavy atom. The molecule has 1 aromatic rings. The van der Waals surface area contributed by atoms with Gasteiger partial charge in [-0.05, 0) is 19.1 Å². The lowest BCUT2D eigenvalue weighted by Crippen LogP contribution is -2.29. The van der Waals surface area contributed by atoms with E-state index in [1.165, 1.54) is 11.3 Å². The molecule has 2 radical (unpaired) electrons. The maximum Gasteiger partial charge on any atom is 0.140 e. The Balaban J connectivity index is 2.39. The van der Waals surface area contributed by atoms with E-state index in [1.54, 1.807) is 0 Å². The molecule has 1 heterocycles. The summed E-state index contributed by atoms with van der Waals surface area (Å²) in [5, 5.41) is 21.6. The predicted octanol–water partition coefficient (Wildman–Crippen LogP) is 0.585. The first-order valence-corrected chi connectivity index (χ1v) is 5.31. The van der Waals surface area contributed by atoms with Crippen LogP contribution in [0.1, 0.15) is 16.0 Å². The van der Waals surface area contributed by atoms with Gasteiger partial charge in [0.05, 0.1) is 14.0 Å². The Kier molecular flexibility index (Phi) is 4.61. The molecule has 0 saturated heterocycles. The molecule has 0 aliphatic rings. The van der Waals surface area contributed by atoms with Crippen LogP contribution in [0.4, 0.5) is 0 Å². The Morgan fingerprint density at radius 3 is 2.71 bits per heavy atom. The summed E-state index contributed by atoms with van der Waals surface area (Å²) in [6.45, 7) is 2.28. The molecule has 0 fully saturated rings. The second kappa shape index (κ2) is 5.51. The molecular formula is C9H14BNO2S. The first-order chi connectivity index (χ1) is 6.63. The van der Waals surface area contributed by atoms with Gasteiger partial charge < -0.3 is 10.2 Å². The van der Waals surface area contributed by atoms with Gasteiger partial charge in [-0.15, -0.1) is 11.3 Å². The molecule has 0 bridgehead atoms. The average molecular weight is 211 g/mol. The van der Waals surface area contributed by atoms with Gasteiger partial charge in [-0.1, -0.05) is 6.32 Å². The minimum atomic E-state index is -0.713. The summed E-state index contributed by atoms with van der Waals surface area (Å²) in [5.41, 5.74) is 0. The maximum absolute atomic E-state index is 9.63. The number of aryl methyl sites for hydroxylation is 1. The van der Waals surface area contributed by atoms with E-state index in [9.17, 15) is 5.11 Å². The molecule has 1 rings (SSSR count). The quantitative estimate of drug-likeness (QED) is 0.493. The van der Waals surface area contributed by atoms with E-state index in [-0.39, 0.29) is 6.32 Å².